The van der Waals surface area contributed by atoms with Gasteiger partial charge in [-0.05, 0) is 36.5 Å². The molecule has 1 fully saturated rings. The zero-order valence-electron chi connectivity index (χ0n) is 8.47. The van der Waals surface area contributed by atoms with Crippen molar-refractivity contribution < 1.29 is 4.79 Å². The molecule has 0 aromatic heterocycles. The van der Waals surface area contributed by atoms with Crippen molar-refractivity contribution in [2.45, 2.75) is 46.5 Å². The second kappa shape index (κ2) is 3.59. The zero-order chi connectivity index (χ0) is 9.19. The van der Waals surface area contributed by atoms with E-state index in [1.54, 1.807) is 0 Å². The van der Waals surface area contributed by atoms with Crippen molar-refractivity contribution >= 4 is 6.29 Å². The smallest absolute Gasteiger partial charge is 0.120 e. The van der Waals surface area contributed by atoms with Gasteiger partial charge in [0.2, 0.25) is 0 Å². The molecule has 0 aliphatic heterocycles. The van der Waals surface area contributed by atoms with Gasteiger partial charge in [-0.2, -0.15) is 0 Å². The third-order valence-electron chi connectivity index (χ3n) is 3.90. The van der Waals surface area contributed by atoms with E-state index < -0.39 is 0 Å². The van der Waals surface area contributed by atoms with E-state index in [1.807, 2.05) is 0 Å². The topological polar surface area (TPSA) is 17.1 Å². The molecule has 0 saturated heterocycles. The first kappa shape index (κ1) is 9.76. The Morgan fingerprint density at radius 2 is 2.08 bits per heavy atom. The van der Waals surface area contributed by atoms with E-state index >= 15 is 0 Å². The Bertz CT molecular complexity index is 160. The highest BCUT2D eigenvalue weighted by Crippen LogP contribution is 2.48. The first-order chi connectivity index (χ1) is 5.59. The molecule has 1 saturated carbocycles. The van der Waals surface area contributed by atoms with Crippen LogP contribution >= 0.6 is 0 Å². The molecule has 1 rings (SSSR count). The van der Waals surface area contributed by atoms with E-state index in [4.69, 9.17) is 0 Å². The molecule has 1 heteroatoms. The van der Waals surface area contributed by atoms with E-state index in [-0.39, 0.29) is 0 Å². The highest BCUT2D eigenvalue weighted by atomic mass is 16.1. The van der Waals surface area contributed by atoms with Crippen molar-refractivity contribution in [3.05, 3.63) is 0 Å². The molecular formula is C11H20O. The highest BCUT2D eigenvalue weighted by molar-refractivity contribution is 5.49. The molecule has 0 aromatic carbocycles. The van der Waals surface area contributed by atoms with Crippen molar-refractivity contribution in [2.75, 3.05) is 0 Å². The number of carbonyl (C=O) groups excluding carboxylic acids is 1. The molecule has 0 amide bonds. The van der Waals surface area contributed by atoms with Crippen LogP contribution in [0.15, 0.2) is 0 Å². The van der Waals surface area contributed by atoms with Gasteiger partial charge in [0.15, 0.2) is 0 Å². The van der Waals surface area contributed by atoms with Crippen LogP contribution in [-0.4, -0.2) is 6.29 Å². The Hall–Kier alpha value is -0.330. The monoisotopic (exact) mass is 168 g/mol. The predicted octanol–water partition coefficient (Wildman–Crippen LogP) is 3.04. The van der Waals surface area contributed by atoms with Crippen LogP contribution in [0, 0.1) is 17.3 Å². The summed E-state index contributed by atoms with van der Waals surface area (Å²) in [6.07, 6.45) is 5.57. The second-order valence-electron chi connectivity index (χ2n) is 4.74. The molecule has 0 spiro atoms. The van der Waals surface area contributed by atoms with E-state index in [1.165, 1.54) is 12.8 Å². The van der Waals surface area contributed by atoms with E-state index in [2.05, 4.69) is 20.8 Å². The van der Waals surface area contributed by atoms with Gasteiger partial charge in [0.05, 0.1) is 0 Å². The quantitative estimate of drug-likeness (QED) is 0.592. The summed E-state index contributed by atoms with van der Waals surface area (Å²) in [7, 11) is 0. The van der Waals surface area contributed by atoms with Gasteiger partial charge >= 0.3 is 0 Å². The van der Waals surface area contributed by atoms with Crippen LogP contribution in [0.4, 0.5) is 0 Å². The van der Waals surface area contributed by atoms with Crippen molar-refractivity contribution in [3.8, 4) is 0 Å². The third-order valence-corrected chi connectivity index (χ3v) is 3.90. The molecule has 0 radical (unpaired) electrons. The Balaban J connectivity index is 2.49. The Morgan fingerprint density at radius 1 is 1.42 bits per heavy atom. The lowest BCUT2D eigenvalue weighted by atomic mass is 9.75. The summed E-state index contributed by atoms with van der Waals surface area (Å²) in [5.41, 5.74) is 0.461. The van der Waals surface area contributed by atoms with Crippen molar-refractivity contribution in [2.24, 2.45) is 17.3 Å². The molecule has 70 valence electrons. The summed E-state index contributed by atoms with van der Waals surface area (Å²) in [5, 5.41) is 0. The summed E-state index contributed by atoms with van der Waals surface area (Å²) in [5.74, 6) is 1.60. The lowest BCUT2D eigenvalue weighted by Crippen LogP contribution is -2.23. The summed E-state index contributed by atoms with van der Waals surface area (Å²) in [4.78, 5) is 10.3. The van der Waals surface area contributed by atoms with Crippen LogP contribution in [-0.2, 0) is 4.79 Å². The largest absolute Gasteiger partial charge is 0.303 e. The minimum Gasteiger partial charge on any atom is -0.303 e. The van der Waals surface area contributed by atoms with Gasteiger partial charge < -0.3 is 4.79 Å². The molecule has 0 N–H and O–H groups in total. The van der Waals surface area contributed by atoms with Gasteiger partial charge in [-0.1, -0.05) is 20.8 Å². The van der Waals surface area contributed by atoms with Crippen LogP contribution < -0.4 is 0 Å². The average molecular weight is 168 g/mol. The summed E-state index contributed by atoms with van der Waals surface area (Å²) in [6, 6.07) is 0. The van der Waals surface area contributed by atoms with Gasteiger partial charge in [0.1, 0.15) is 6.29 Å². The van der Waals surface area contributed by atoms with Crippen LogP contribution in [0.5, 0.6) is 0 Å². The lowest BCUT2D eigenvalue weighted by molar-refractivity contribution is -0.108. The van der Waals surface area contributed by atoms with Crippen LogP contribution in [0.3, 0.4) is 0 Å². The summed E-state index contributed by atoms with van der Waals surface area (Å²) in [6.45, 7) is 7.03. The van der Waals surface area contributed by atoms with E-state index in [0.717, 1.165) is 31.0 Å². The molecule has 1 aliphatic carbocycles. The zero-order valence-corrected chi connectivity index (χ0v) is 8.47. The number of hydrogen-bond donors (Lipinski definition) is 0. The molecule has 0 bridgehead atoms. The highest BCUT2D eigenvalue weighted by Gasteiger charge is 2.39. The molecule has 1 aliphatic rings. The lowest BCUT2D eigenvalue weighted by Gasteiger charge is -2.30. The number of aldehydes is 1. The standard InChI is InChI=1S/C11H20O/c1-9-6-7-10(5-4-8-12)11(9,2)3/h8-10H,4-7H2,1-3H3/t9?,10-/m1/s1. The second-order valence-corrected chi connectivity index (χ2v) is 4.74. The third kappa shape index (κ3) is 1.70. The Labute approximate surface area is 75.5 Å². The first-order valence-corrected chi connectivity index (χ1v) is 5.02. The van der Waals surface area contributed by atoms with Crippen LogP contribution in [0.1, 0.15) is 46.5 Å². The molecule has 1 nitrogen and oxygen atoms in total. The van der Waals surface area contributed by atoms with Crippen molar-refractivity contribution in [3.63, 3.8) is 0 Å². The van der Waals surface area contributed by atoms with E-state index in [9.17, 15) is 4.79 Å². The summed E-state index contributed by atoms with van der Waals surface area (Å²) >= 11 is 0. The minimum absolute atomic E-state index is 0.461. The maximum absolute atomic E-state index is 10.3. The number of hydrogen-bond acceptors (Lipinski definition) is 1. The average Bonchev–Trinajstić information content (AvgIpc) is 2.25. The maximum atomic E-state index is 10.3. The van der Waals surface area contributed by atoms with Gasteiger partial charge in [0.25, 0.3) is 0 Å². The van der Waals surface area contributed by atoms with Gasteiger partial charge in [-0.3, -0.25) is 0 Å². The number of carbonyl (C=O) groups is 1. The molecular weight excluding hydrogens is 148 g/mol. The van der Waals surface area contributed by atoms with Crippen LogP contribution in [0.2, 0.25) is 0 Å². The minimum atomic E-state index is 0.461. The maximum Gasteiger partial charge on any atom is 0.120 e. The Kier molecular flexibility index (Phi) is 2.92. The SMILES string of the molecule is CC1CC[C@@H](CCC=O)C1(C)C. The normalized spacial score (nSPS) is 33.6. The predicted molar refractivity (Wildman–Crippen MR) is 51.0 cm³/mol. The molecule has 2 atom stereocenters. The fraction of sp³-hybridized carbons (Fsp3) is 0.909. The molecule has 0 aromatic rings. The van der Waals surface area contributed by atoms with E-state index in [0.29, 0.717) is 5.41 Å². The number of rotatable bonds is 3. The van der Waals surface area contributed by atoms with Gasteiger partial charge in [-0.25, -0.2) is 0 Å². The fourth-order valence-electron chi connectivity index (χ4n) is 2.38. The van der Waals surface area contributed by atoms with Crippen molar-refractivity contribution in [1.82, 2.24) is 0 Å². The molecule has 0 heterocycles. The molecule has 12 heavy (non-hydrogen) atoms. The Morgan fingerprint density at radius 3 is 2.50 bits per heavy atom. The van der Waals surface area contributed by atoms with Crippen molar-refractivity contribution in [1.29, 1.82) is 0 Å². The van der Waals surface area contributed by atoms with Gasteiger partial charge in [0, 0.05) is 6.42 Å². The summed E-state index contributed by atoms with van der Waals surface area (Å²) < 4.78 is 0. The fourth-order valence-corrected chi connectivity index (χ4v) is 2.38. The van der Waals surface area contributed by atoms with Crippen LogP contribution in [0.25, 0.3) is 0 Å². The molecule has 1 unspecified atom stereocenters. The van der Waals surface area contributed by atoms with Gasteiger partial charge in [-0.15, -0.1) is 0 Å². The first-order valence-electron chi connectivity index (χ1n) is 5.02.